The van der Waals surface area contributed by atoms with Crippen LogP contribution < -0.4 is 10.9 Å². The third-order valence-electron chi connectivity index (χ3n) is 5.29. The summed E-state index contributed by atoms with van der Waals surface area (Å²) in [5, 5.41) is 3.82. The van der Waals surface area contributed by atoms with Crippen LogP contribution in [-0.4, -0.2) is 20.4 Å². The summed E-state index contributed by atoms with van der Waals surface area (Å²) in [5.74, 6) is -0.228. The fraction of sp³-hybridized carbons (Fsp3) is 0.208. The van der Waals surface area contributed by atoms with Gasteiger partial charge in [0.05, 0.1) is 5.52 Å². The molecule has 1 amide bonds. The number of nitrogens with one attached hydrogen (secondary N) is 2. The number of benzene rings is 1. The molecular weight excluding hydrogens is 456 g/mol. The Kier molecular flexibility index (Phi) is 5.78. The second-order valence-corrected chi connectivity index (χ2v) is 8.71. The zero-order valence-electron chi connectivity index (χ0n) is 17.6. The van der Waals surface area contributed by atoms with Crippen LogP contribution in [0.1, 0.15) is 41.5 Å². The molecule has 4 aromatic rings. The van der Waals surface area contributed by atoms with E-state index in [0.29, 0.717) is 11.1 Å². The number of carbonyl (C=O) groups is 1. The number of aromatic nitrogens is 3. The Balaban J connectivity index is 1.69. The normalized spacial score (nSPS) is 11.3. The summed E-state index contributed by atoms with van der Waals surface area (Å²) in [6.45, 7) is 6.16. The molecule has 4 rings (SSSR count). The summed E-state index contributed by atoms with van der Waals surface area (Å²) >= 11 is 3.52. The first kappa shape index (κ1) is 21.1. The maximum atomic E-state index is 13.1. The predicted molar refractivity (Wildman–Crippen MR) is 126 cm³/mol. The van der Waals surface area contributed by atoms with Gasteiger partial charge in [-0.15, -0.1) is 0 Å². The maximum Gasteiger partial charge on any atom is 0.253 e. The molecule has 7 heteroatoms. The lowest BCUT2D eigenvalue weighted by Crippen LogP contribution is -2.28. The largest absolute Gasteiger partial charge is 0.348 e. The molecule has 31 heavy (non-hydrogen) atoms. The summed E-state index contributed by atoms with van der Waals surface area (Å²) < 4.78 is 2.96. The summed E-state index contributed by atoms with van der Waals surface area (Å²) in [7, 11) is 0. The van der Waals surface area contributed by atoms with Crippen LogP contribution in [0.5, 0.6) is 0 Å². The summed E-state index contributed by atoms with van der Waals surface area (Å²) in [6, 6.07) is 11.7. The summed E-state index contributed by atoms with van der Waals surface area (Å²) in [6.07, 6.45) is 5.36. The van der Waals surface area contributed by atoms with Crippen molar-refractivity contribution in [2.24, 2.45) is 0 Å². The molecule has 0 atom stereocenters. The lowest BCUT2D eigenvalue weighted by atomic mass is 10.0. The monoisotopic (exact) mass is 478 g/mol. The first-order chi connectivity index (χ1) is 14.8. The Morgan fingerprint density at radius 1 is 1.19 bits per heavy atom. The van der Waals surface area contributed by atoms with E-state index in [1.165, 1.54) is 0 Å². The molecule has 3 heterocycles. The molecule has 0 spiro atoms. The minimum Gasteiger partial charge on any atom is -0.348 e. The smallest absolute Gasteiger partial charge is 0.253 e. The molecule has 0 saturated carbocycles. The molecule has 6 nitrogen and oxygen atoms in total. The SMILES string of the molecule is Cc1cc(-c2ccncc2)c(CNC(=O)c2cc(Br)cc3c2ccn3C(C)C)c(=O)[nH]1. The summed E-state index contributed by atoms with van der Waals surface area (Å²) in [5.41, 5.74) is 4.28. The molecule has 3 aromatic heterocycles. The van der Waals surface area contributed by atoms with Gasteiger partial charge in [0.1, 0.15) is 0 Å². The highest BCUT2D eigenvalue weighted by molar-refractivity contribution is 9.10. The fourth-order valence-electron chi connectivity index (χ4n) is 3.81. The van der Waals surface area contributed by atoms with E-state index < -0.39 is 0 Å². The molecule has 0 aliphatic rings. The van der Waals surface area contributed by atoms with Gasteiger partial charge in [0.2, 0.25) is 0 Å². The number of hydrogen-bond donors (Lipinski definition) is 2. The van der Waals surface area contributed by atoms with Crippen molar-refractivity contribution in [1.82, 2.24) is 19.9 Å². The molecular formula is C24H23BrN4O2. The summed E-state index contributed by atoms with van der Waals surface area (Å²) in [4.78, 5) is 32.7. The van der Waals surface area contributed by atoms with E-state index in [0.717, 1.165) is 32.2 Å². The second kappa shape index (κ2) is 8.51. The molecule has 0 radical (unpaired) electrons. The van der Waals surface area contributed by atoms with Gasteiger partial charge in [-0.2, -0.15) is 0 Å². The van der Waals surface area contributed by atoms with Gasteiger partial charge in [0.25, 0.3) is 11.5 Å². The Hall–Kier alpha value is -3.19. The maximum absolute atomic E-state index is 13.1. The van der Waals surface area contributed by atoms with Crippen molar-refractivity contribution in [2.45, 2.75) is 33.4 Å². The van der Waals surface area contributed by atoms with E-state index in [1.807, 2.05) is 49.5 Å². The average Bonchev–Trinajstić information content (AvgIpc) is 3.16. The number of rotatable bonds is 5. The third-order valence-corrected chi connectivity index (χ3v) is 5.75. The number of pyridine rings is 2. The minimum atomic E-state index is -0.228. The Morgan fingerprint density at radius 2 is 1.94 bits per heavy atom. The van der Waals surface area contributed by atoms with Crippen LogP contribution in [0.25, 0.3) is 22.0 Å². The molecule has 2 N–H and O–H groups in total. The van der Waals surface area contributed by atoms with Gasteiger partial charge in [0.15, 0.2) is 0 Å². The van der Waals surface area contributed by atoms with Crippen molar-refractivity contribution in [3.63, 3.8) is 0 Å². The van der Waals surface area contributed by atoms with Gasteiger partial charge in [-0.25, -0.2) is 0 Å². The van der Waals surface area contributed by atoms with Crippen LogP contribution in [0.15, 0.2) is 64.3 Å². The van der Waals surface area contributed by atoms with Crippen LogP contribution in [0.4, 0.5) is 0 Å². The lowest BCUT2D eigenvalue weighted by molar-refractivity contribution is 0.0952. The van der Waals surface area contributed by atoms with Crippen LogP contribution in [0.2, 0.25) is 0 Å². The first-order valence-electron chi connectivity index (χ1n) is 10.1. The van der Waals surface area contributed by atoms with E-state index in [-0.39, 0.29) is 24.1 Å². The molecule has 0 fully saturated rings. The molecule has 0 aliphatic carbocycles. The Labute approximate surface area is 188 Å². The number of aromatic amines is 1. The number of aryl methyl sites for hydroxylation is 1. The molecule has 0 aliphatic heterocycles. The molecule has 0 bridgehead atoms. The standard InChI is InChI=1S/C24H23BrN4O2/c1-14(2)29-9-6-18-20(11-17(25)12-22(18)29)23(30)27-13-21-19(10-15(3)28-24(21)31)16-4-7-26-8-5-16/h4-12,14H,13H2,1-3H3,(H,27,30)(H,28,31). The lowest BCUT2D eigenvalue weighted by Gasteiger charge is -2.13. The van der Waals surface area contributed by atoms with Gasteiger partial charge in [0, 0.05) is 57.9 Å². The van der Waals surface area contributed by atoms with Gasteiger partial charge in [-0.05, 0) is 68.3 Å². The third kappa shape index (κ3) is 4.18. The fourth-order valence-corrected chi connectivity index (χ4v) is 4.26. The van der Waals surface area contributed by atoms with E-state index in [9.17, 15) is 9.59 Å². The first-order valence-corrected chi connectivity index (χ1v) is 10.9. The van der Waals surface area contributed by atoms with Crippen molar-refractivity contribution < 1.29 is 4.79 Å². The second-order valence-electron chi connectivity index (χ2n) is 7.80. The highest BCUT2D eigenvalue weighted by Gasteiger charge is 2.17. The van der Waals surface area contributed by atoms with Crippen LogP contribution in [-0.2, 0) is 6.54 Å². The zero-order valence-corrected chi connectivity index (χ0v) is 19.2. The van der Waals surface area contributed by atoms with Crippen molar-refractivity contribution >= 4 is 32.7 Å². The Bertz CT molecular complexity index is 1320. The number of nitrogens with zero attached hydrogens (tertiary/aromatic N) is 2. The van der Waals surface area contributed by atoms with Gasteiger partial charge >= 0.3 is 0 Å². The average molecular weight is 479 g/mol. The van der Waals surface area contributed by atoms with Gasteiger partial charge in [-0.1, -0.05) is 15.9 Å². The van der Waals surface area contributed by atoms with Crippen molar-refractivity contribution in [3.8, 4) is 11.1 Å². The Morgan fingerprint density at radius 3 is 2.65 bits per heavy atom. The molecule has 1 aromatic carbocycles. The highest BCUT2D eigenvalue weighted by atomic mass is 79.9. The predicted octanol–water partition coefficient (Wildman–Crippen LogP) is 4.97. The van der Waals surface area contributed by atoms with E-state index in [4.69, 9.17) is 0 Å². The van der Waals surface area contributed by atoms with Gasteiger partial charge < -0.3 is 14.9 Å². The highest BCUT2D eigenvalue weighted by Crippen LogP contribution is 2.28. The number of hydrogen-bond acceptors (Lipinski definition) is 3. The van der Waals surface area contributed by atoms with Crippen LogP contribution in [0.3, 0.4) is 0 Å². The molecule has 0 saturated heterocycles. The van der Waals surface area contributed by atoms with Crippen molar-refractivity contribution in [2.75, 3.05) is 0 Å². The molecule has 158 valence electrons. The van der Waals surface area contributed by atoms with E-state index in [1.54, 1.807) is 12.4 Å². The van der Waals surface area contributed by atoms with Gasteiger partial charge in [-0.3, -0.25) is 14.6 Å². The minimum absolute atomic E-state index is 0.116. The van der Waals surface area contributed by atoms with Crippen molar-refractivity contribution in [1.29, 1.82) is 0 Å². The topological polar surface area (TPSA) is 79.8 Å². The number of amides is 1. The van der Waals surface area contributed by atoms with E-state index in [2.05, 4.69) is 49.6 Å². The number of fused-ring (bicyclic) bond motifs is 1. The van der Waals surface area contributed by atoms with E-state index >= 15 is 0 Å². The number of halogens is 1. The number of carbonyl (C=O) groups excluding carboxylic acids is 1. The van der Waals surface area contributed by atoms with Crippen molar-refractivity contribution in [3.05, 3.63) is 86.6 Å². The zero-order chi connectivity index (χ0) is 22.1. The molecule has 0 unspecified atom stereocenters. The number of H-pyrrole nitrogens is 1. The quantitative estimate of drug-likeness (QED) is 0.424. The van der Waals surface area contributed by atoms with Crippen LogP contribution in [0, 0.1) is 6.92 Å². The van der Waals surface area contributed by atoms with Crippen LogP contribution >= 0.6 is 15.9 Å².